The monoisotopic (exact) mass is 894 g/mol. The number of aliphatic hydroxyl groups is 1. The van der Waals surface area contributed by atoms with Crippen molar-refractivity contribution < 1.29 is 32.9 Å². The molecule has 0 fully saturated rings. The van der Waals surface area contributed by atoms with E-state index in [1.807, 2.05) is 27.2 Å². The number of quaternary nitrogens is 1. The van der Waals surface area contributed by atoms with Gasteiger partial charge in [0.2, 0.25) is 5.91 Å². The van der Waals surface area contributed by atoms with E-state index in [9.17, 15) is 19.4 Å². The Morgan fingerprint density at radius 3 is 1.32 bits per heavy atom. The number of amides is 1. The van der Waals surface area contributed by atoms with Crippen LogP contribution in [0.2, 0.25) is 0 Å². The Bertz CT molecular complexity index is 1150. The van der Waals surface area contributed by atoms with E-state index in [4.69, 9.17) is 9.05 Å². The van der Waals surface area contributed by atoms with Crippen molar-refractivity contribution in [3.63, 3.8) is 0 Å². The van der Waals surface area contributed by atoms with Gasteiger partial charge in [0.05, 0.1) is 39.9 Å². The van der Waals surface area contributed by atoms with Gasteiger partial charge in [-0.05, 0) is 70.6 Å². The molecule has 9 heteroatoms. The third-order valence-corrected chi connectivity index (χ3v) is 12.5. The lowest BCUT2D eigenvalue weighted by Gasteiger charge is -2.25. The topological polar surface area (TPSA) is 105 Å². The van der Waals surface area contributed by atoms with Crippen LogP contribution in [0, 0.1) is 0 Å². The average Bonchev–Trinajstić information content (AvgIpc) is 3.23. The van der Waals surface area contributed by atoms with Crippen LogP contribution in [0.4, 0.5) is 0 Å². The predicted octanol–water partition coefficient (Wildman–Crippen LogP) is 15.2. The van der Waals surface area contributed by atoms with Gasteiger partial charge in [0.25, 0.3) is 0 Å². The second-order valence-electron chi connectivity index (χ2n) is 18.9. The highest BCUT2D eigenvalue weighted by Gasteiger charge is 2.27. The summed E-state index contributed by atoms with van der Waals surface area (Å²) in [5.74, 6) is -0.192. The van der Waals surface area contributed by atoms with Crippen LogP contribution in [0.15, 0.2) is 48.6 Å². The molecule has 0 bridgehead atoms. The smallest absolute Gasteiger partial charge is 0.387 e. The van der Waals surface area contributed by atoms with Gasteiger partial charge in [0, 0.05) is 6.42 Å². The van der Waals surface area contributed by atoms with Crippen molar-refractivity contribution in [1.29, 1.82) is 0 Å². The molecule has 0 aromatic rings. The van der Waals surface area contributed by atoms with Crippen LogP contribution >= 0.6 is 7.82 Å². The van der Waals surface area contributed by atoms with E-state index in [0.29, 0.717) is 17.4 Å². The number of phosphoric acid groups is 1. The highest BCUT2D eigenvalue weighted by molar-refractivity contribution is 7.47. The van der Waals surface area contributed by atoms with Crippen LogP contribution in [0.1, 0.15) is 232 Å². The van der Waals surface area contributed by atoms with Gasteiger partial charge in [-0.2, -0.15) is 0 Å². The van der Waals surface area contributed by atoms with Crippen LogP contribution in [0.5, 0.6) is 0 Å². The van der Waals surface area contributed by atoms with Crippen LogP contribution in [-0.4, -0.2) is 73.4 Å². The van der Waals surface area contributed by atoms with Crippen molar-refractivity contribution in [3.8, 4) is 0 Å². The number of hydrogen-bond donors (Lipinski definition) is 3. The number of hydrogen-bond acceptors (Lipinski definition) is 5. The van der Waals surface area contributed by atoms with E-state index >= 15 is 0 Å². The number of aliphatic hydroxyl groups excluding tert-OH is 1. The first-order valence-corrected chi connectivity index (χ1v) is 27.5. The number of nitrogens with one attached hydrogen (secondary N) is 1. The number of rotatable bonds is 47. The van der Waals surface area contributed by atoms with E-state index < -0.39 is 20.0 Å². The number of phosphoric ester groups is 1. The summed E-state index contributed by atoms with van der Waals surface area (Å²) in [5.41, 5.74) is 0. The fourth-order valence-electron chi connectivity index (χ4n) is 7.36. The zero-order valence-electron chi connectivity index (χ0n) is 41.4. The first kappa shape index (κ1) is 60.5. The predicted molar refractivity (Wildman–Crippen MR) is 267 cm³/mol. The van der Waals surface area contributed by atoms with Crippen molar-refractivity contribution >= 4 is 13.7 Å². The Morgan fingerprint density at radius 1 is 0.532 bits per heavy atom. The second kappa shape index (κ2) is 44.7. The van der Waals surface area contributed by atoms with E-state index in [0.717, 1.165) is 51.4 Å². The first-order chi connectivity index (χ1) is 30.0. The molecule has 364 valence electrons. The Kier molecular flexibility index (Phi) is 43.5. The van der Waals surface area contributed by atoms with Gasteiger partial charge in [-0.25, -0.2) is 4.57 Å². The third kappa shape index (κ3) is 46.5. The SMILES string of the molecule is CCCCC/C=C/CC/C=C/CC/C=C/C(O)C(COP(=O)(O)OCC[N+](C)(C)C)NC(=O)CCCCCCCCCCCCC/C=C\CCCCCCCCCCCCCC. The van der Waals surface area contributed by atoms with Crippen molar-refractivity contribution in [1.82, 2.24) is 5.32 Å². The molecule has 0 rings (SSSR count). The Balaban J connectivity index is 4.19. The maximum Gasteiger partial charge on any atom is 0.472 e. The number of unbranched alkanes of at least 4 members (excludes halogenated alkanes) is 28. The third-order valence-electron chi connectivity index (χ3n) is 11.5. The molecule has 0 heterocycles. The Labute approximate surface area is 384 Å². The molecule has 3 N–H and O–H groups in total. The van der Waals surface area contributed by atoms with E-state index in [-0.39, 0.29) is 19.1 Å². The number of carbonyl (C=O) groups excluding carboxylic acids is 1. The summed E-state index contributed by atoms with van der Waals surface area (Å²) in [6.45, 7) is 4.76. The highest BCUT2D eigenvalue weighted by Crippen LogP contribution is 2.43. The maximum atomic E-state index is 12.9. The summed E-state index contributed by atoms with van der Waals surface area (Å²) < 4.78 is 23.6. The standard InChI is InChI=1S/C53H101N2O6P/c1-6-8-10-12-14-16-18-20-21-22-23-24-25-26-27-28-29-30-31-32-33-35-37-39-41-43-45-47-53(57)54-51(50-61-62(58,59)60-49-48-55(3,4)5)52(56)46-44-42-40-38-36-34-19-17-15-13-11-9-7-2/h15,17,26-27,36,38,44,46,51-52,56H,6-14,16,18-25,28-35,37,39-43,45,47-50H2,1-5H3,(H-,54,57,58,59)/p+1/b17-15+,27-26-,38-36+,46-44+. The lowest BCUT2D eigenvalue weighted by atomic mass is 10.0. The molecule has 0 radical (unpaired) electrons. The van der Waals surface area contributed by atoms with Crippen molar-refractivity contribution in [2.75, 3.05) is 40.9 Å². The molecule has 0 spiro atoms. The van der Waals surface area contributed by atoms with Gasteiger partial charge in [-0.3, -0.25) is 13.8 Å². The molecule has 0 saturated carbocycles. The maximum absolute atomic E-state index is 12.9. The van der Waals surface area contributed by atoms with Crippen molar-refractivity contribution in [3.05, 3.63) is 48.6 Å². The molecule has 8 nitrogen and oxygen atoms in total. The summed E-state index contributed by atoms with van der Waals surface area (Å²) in [6, 6.07) is -0.869. The van der Waals surface area contributed by atoms with Gasteiger partial charge < -0.3 is 19.8 Å². The summed E-state index contributed by atoms with van der Waals surface area (Å²) in [6.07, 6.45) is 57.8. The van der Waals surface area contributed by atoms with Crippen molar-refractivity contribution in [2.24, 2.45) is 0 Å². The average molecular weight is 894 g/mol. The van der Waals surface area contributed by atoms with Gasteiger partial charge >= 0.3 is 7.82 Å². The minimum absolute atomic E-state index is 0.0527. The minimum atomic E-state index is -4.35. The summed E-state index contributed by atoms with van der Waals surface area (Å²) in [4.78, 5) is 23.2. The van der Waals surface area contributed by atoms with Crippen LogP contribution in [0.25, 0.3) is 0 Å². The molecule has 3 unspecified atom stereocenters. The number of likely N-dealkylation sites (N-methyl/N-ethyl adjacent to an activating group) is 1. The molecule has 3 atom stereocenters. The van der Waals surface area contributed by atoms with E-state index in [1.54, 1.807) is 6.08 Å². The molecule has 1 amide bonds. The Morgan fingerprint density at radius 2 is 0.887 bits per heavy atom. The number of allylic oxidation sites excluding steroid dienone is 7. The molecular weight excluding hydrogens is 792 g/mol. The van der Waals surface area contributed by atoms with E-state index in [1.165, 1.54) is 161 Å². The Hall–Kier alpha value is -1.54. The summed E-state index contributed by atoms with van der Waals surface area (Å²) >= 11 is 0. The molecule has 0 aromatic heterocycles. The first-order valence-electron chi connectivity index (χ1n) is 26.0. The molecule has 0 aromatic carbocycles. The van der Waals surface area contributed by atoms with Gasteiger partial charge in [0.15, 0.2) is 0 Å². The van der Waals surface area contributed by atoms with Gasteiger partial charge in [-0.15, -0.1) is 0 Å². The van der Waals surface area contributed by atoms with Gasteiger partial charge in [0.1, 0.15) is 13.2 Å². The summed E-state index contributed by atoms with van der Waals surface area (Å²) in [5, 5.41) is 13.8. The van der Waals surface area contributed by atoms with Crippen LogP contribution in [-0.2, 0) is 18.4 Å². The quantitative estimate of drug-likeness (QED) is 0.0243. The van der Waals surface area contributed by atoms with Gasteiger partial charge in [-0.1, -0.05) is 204 Å². The molecule has 0 aliphatic heterocycles. The number of carbonyl (C=O) groups is 1. The number of nitrogens with zero attached hydrogens (tertiary/aromatic N) is 1. The molecule has 62 heavy (non-hydrogen) atoms. The summed E-state index contributed by atoms with van der Waals surface area (Å²) in [7, 11) is 1.54. The highest BCUT2D eigenvalue weighted by atomic mass is 31.2. The van der Waals surface area contributed by atoms with Crippen LogP contribution in [0.3, 0.4) is 0 Å². The molecule has 0 aliphatic carbocycles. The van der Waals surface area contributed by atoms with E-state index in [2.05, 4.69) is 55.6 Å². The molecular formula is C53H102N2O6P+. The lowest BCUT2D eigenvalue weighted by molar-refractivity contribution is -0.870. The molecule has 0 aliphatic rings. The largest absolute Gasteiger partial charge is 0.472 e. The zero-order chi connectivity index (χ0) is 45.7. The fraction of sp³-hybridized carbons (Fsp3) is 0.830. The van der Waals surface area contributed by atoms with Crippen LogP contribution < -0.4 is 5.32 Å². The normalized spacial score (nSPS) is 14.5. The molecule has 0 saturated heterocycles. The second-order valence-corrected chi connectivity index (χ2v) is 20.3. The minimum Gasteiger partial charge on any atom is -0.387 e. The zero-order valence-corrected chi connectivity index (χ0v) is 42.3. The fourth-order valence-corrected chi connectivity index (χ4v) is 8.10. The van der Waals surface area contributed by atoms with Crippen molar-refractivity contribution in [2.45, 2.75) is 244 Å². The lowest BCUT2D eigenvalue weighted by Crippen LogP contribution is -2.45.